The lowest BCUT2D eigenvalue weighted by Gasteiger charge is -2.27. The molecule has 31 heavy (non-hydrogen) atoms. The van der Waals surface area contributed by atoms with E-state index in [1.807, 2.05) is 49.4 Å². The highest BCUT2D eigenvalue weighted by molar-refractivity contribution is 9.10. The van der Waals surface area contributed by atoms with Crippen molar-refractivity contribution in [3.05, 3.63) is 94.5 Å². The Bertz CT molecular complexity index is 1070. The van der Waals surface area contributed by atoms with Crippen LogP contribution < -0.4 is 10.0 Å². The molecule has 0 bridgehead atoms. The smallest absolute Gasteiger partial charge is 0.258 e. The van der Waals surface area contributed by atoms with Crippen LogP contribution in [0.25, 0.3) is 0 Å². The van der Waals surface area contributed by atoms with Crippen LogP contribution in [-0.2, 0) is 9.59 Å². The summed E-state index contributed by atoms with van der Waals surface area (Å²) in [6.45, 7) is 1.95. The van der Waals surface area contributed by atoms with Gasteiger partial charge in [0, 0.05) is 16.5 Å². The molecule has 6 heteroatoms. The third-order valence-electron chi connectivity index (χ3n) is 5.37. The van der Waals surface area contributed by atoms with Crippen LogP contribution in [0.5, 0.6) is 0 Å². The number of para-hydroxylation sites is 2. The number of rotatable bonds is 6. The highest BCUT2D eigenvalue weighted by atomic mass is 79.9. The van der Waals surface area contributed by atoms with Gasteiger partial charge in [0.25, 0.3) is 11.8 Å². The zero-order valence-electron chi connectivity index (χ0n) is 17.0. The summed E-state index contributed by atoms with van der Waals surface area (Å²) < 4.78 is 0.858. The van der Waals surface area contributed by atoms with E-state index in [4.69, 9.17) is 0 Å². The lowest BCUT2D eigenvalue weighted by molar-refractivity contribution is -0.127. The maximum Gasteiger partial charge on any atom is 0.258 e. The molecule has 2 amide bonds. The van der Waals surface area contributed by atoms with Crippen LogP contribution >= 0.6 is 15.9 Å². The molecule has 5 nitrogen and oxygen atoms in total. The molecule has 0 atom stereocenters. The van der Waals surface area contributed by atoms with Gasteiger partial charge >= 0.3 is 0 Å². The second kappa shape index (κ2) is 8.86. The summed E-state index contributed by atoms with van der Waals surface area (Å²) in [5, 5.41) is 2.82. The summed E-state index contributed by atoms with van der Waals surface area (Å²) >= 11 is 3.44. The Morgan fingerprint density at radius 1 is 0.839 bits per heavy atom. The molecule has 1 heterocycles. The van der Waals surface area contributed by atoms with E-state index >= 15 is 0 Å². The number of benzene rings is 3. The Kier molecular flexibility index (Phi) is 6.00. The van der Waals surface area contributed by atoms with Gasteiger partial charge in [0.05, 0.1) is 11.4 Å². The number of hydrogen-bond donors (Lipinski definition) is 0. The fourth-order valence-electron chi connectivity index (χ4n) is 3.65. The zero-order valence-corrected chi connectivity index (χ0v) is 18.6. The van der Waals surface area contributed by atoms with E-state index in [0.717, 1.165) is 10.0 Å². The normalized spacial score (nSPS) is 14.4. The Hall–Kier alpha value is -3.25. The van der Waals surface area contributed by atoms with Crippen molar-refractivity contribution in [2.75, 3.05) is 10.0 Å². The summed E-state index contributed by atoms with van der Waals surface area (Å²) in [4.78, 5) is 39.3. The number of hydrogen-bond acceptors (Lipinski definition) is 3. The molecule has 1 saturated heterocycles. The van der Waals surface area contributed by atoms with E-state index in [1.165, 1.54) is 10.0 Å². The minimum absolute atomic E-state index is 0.0919. The molecule has 156 valence electrons. The Morgan fingerprint density at radius 3 is 1.84 bits per heavy atom. The third kappa shape index (κ3) is 4.16. The van der Waals surface area contributed by atoms with Crippen molar-refractivity contribution < 1.29 is 14.4 Å². The van der Waals surface area contributed by atoms with Crippen LogP contribution in [0.3, 0.4) is 0 Å². The Balaban J connectivity index is 1.59. The van der Waals surface area contributed by atoms with E-state index in [1.54, 1.807) is 36.4 Å². The Labute approximate surface area is 189 Å². The van der Waals surface area contributed by atoms with E-state index in [0.29, 0.717) is 16.9 Å². The Morgan fingerprint density at radius 2 is 1.35 bits per heavy atom. The van der Waals surface area contributed by atoms with E-state index in [2.05, 4.69) is 15.9 Å². The maximum atomic E-state index is 13.3. The lowest BCUT2D eigenvalue weighted by Crippen LogP contribution is -2.41. The van der Waals surface area contributed by atoms with Gasteiger partial charge in [-0.05, 0) is 49.2 Å². The van der Waals surface area contributed by atoms with E-state index in [9.17, 15) is 14.4 Å². The number of carbonyl (C=O) groups is 3. The van der Waals surface area contributed by atoms with Crippen LogP contribution in [-0.4, -0.2) is 17.6 Å². The highest BCUT2D eigenvalue weighted by Gasteiger charge is 2.46. The molecule has 0 N–H and O–H groups in total. The molecule has 4 rings (SSSR count). The minimum Gasteiger partial charge on any atom is -0.294 e. The molecule has 0 spiro atoms. The van der Waals surface area contributed by atoms with Crippen molar-refractivity contribution >= 4 is 44.9 Å². The summed E-state index contributed by atoms with van der Waals surface area (Å²) in [7, 11) is 0. The van der Waals surface area contributed by atoms with E-state index < -0.39 is 5.92 Å². The first kappa shape index (κ1) is 21.0. The maximum absolute atomic E-state index is 13.3. The SMILES string of the molecule is Cc1ccc(C(=O)CCC2C(=O)N(c3ccccc3)N(c3ccccc3)C2=O)cc1Br. The van der Waals surface area contributed by atoms with Crippen LogP contribution in [0.4, 0.5) is 11.4 Å². The predicted molar refractivity (Wildman–Crippen MR) is 124 cm³/mol. The molecule has 3 aromatic rings. The standard InChI is InChI=1S/C25H21BrN2O3/c1-17-12-13-18(16-22(17)26)23(29)15-14-21-24(30)27(19-8-4-2-5-9-19)28(25(21)31)20-10-6-3-7-11-20/h2-13,16,21H,14-15H2,1H3. The number of carbonyl (C=O) groups excluding carboxylic acids is 3. The molecular formula is C25H21BrN2O3. The lowest BCUT2D eigenvalue weighted by atomic mass is 9.97. The number of hydrazine groups is 1. The van der Waals surface area contributed by atoms with Crippen molar-refractivity contribution in [3.63, 3.8) is 0 Å². The highest BCUT2D eigenvalue weighted by Crippen LogP contribution is 2.33. The van der Waals surface area contributed by atoms with Crippen LogP contribution in [0, 0.1) is 12.8 Å². The zero-order chi connectivity index (χ0) is 22.0. The summed E-state index contributed by atoms with van der Waals surface area (Å²) in [6, 6.07) is 23.6. The summed E-state index contributed by atoms with van der Waals surface area (Å²) in [5.74, 6) is -1.64. The quantitative estimate of drug-likeness (QED) is 0.356. The molecule has 0 unspecified atom stereocenters. The van der Waals surface area contributed by atoms with Crippen LogP contribution in [0.15, 0.2) is 83.3 Å². The topological polar surface area (TPSA) is 57.7 Å². The average Bonchev–Trinajstić information content (AvgIpc) is 3.04. The van der Waals surface area contributed by atoms with Gasteiger partial charge in [0.15, 0.2) is 5.78 Å². The summed E-state index contributed by atoms with van der Waals surface area (Å²) in [5.41, 5.74) is 2.83. The molecule has 0 aromatic heterocycles. The number of amides is 2. The first-order chi connectivity index (χ1) is 15.0. The van der Waals surface area contributed by atoms with Gasteiger partial charge in [-0.2, -0.15) is 0 Å². The second-order valence-corrected chi connectivity index (χ2v) is 8.30. The first-order valence-electron chi connectivity index (χ1n) is 10.0. The van der Waals surface area contributed by atoms with Gasteiger partial charge in [0.1, 0.15) is 5.92 Å². The molecule has 3 aromatic carbocycles. The number of aryl methyl sites for hydroxylation is 1. The largest absolute Gasteiger partial charge is 0.294 e. The van der Waals surface area contributed by atoms with Gasteiger partial charge in [-0.15, -0.1) is 0 Å². The van der Waals surface area contributed by atoms with Crippen molar-refractivity contribution in [3.8, 4) is 0 Å². The molecule has 1 aliphatic heterocycles. The molecule has 1 aliphatic rings. The number of Topliss-reactive ketones (excluding diaryl/α,β-unsaturated/α-hetero) is 1. The van der Waals surface area contributed by atoms with Crippen molar-refractivity contribution in [2.45, 2.75) is 19.8 Å². The molecular weight excluding hydrogens is 456 g/mol. The first-order valence-corrected chi connectivity index (χ1v) is 10.8. The molecule has 1 fully saturated rings. The monoisotopic (exact) mass is 476 g/mol. The van der Waals surface area contributed by atoms with Gasteiger partial charge in [0.2, 0.25) is 0 Å². The second-order valence-electron chi connectivity index (χ2n) is 7.45. The third-order valence-corrected chi connectivity index (χ3v) is 6.22. The van der Waals surface area contributed by atoms with Gasteiger partial charge < -0.3 is 0 Å². The molecule has 0 saturated carbocycles. The van der Waals surface area contributed by atoms with Crippen LogP contribution in [0.1, 0.15) is 28.8 Å². The molecule has 0 radical (unpaired) electrons. The molecule has 0 aliphatic carbocycles. The van der Waals surface area contributed by atoms with Crippen molar-refractivity contribution in [2.24, 2.45) is 5.92 Å². The van der Waals surface area contributed by atoms with Gasteiger partial charge in [-0.25, -0.2) is 10.0 Å². The average molecular weight is 477 g/mol. The summed E-state index contributed by atoms with van der Waals surface area (Å²) in [6.07, 6.45) is 0.275. The van der Waals surface area contributed by atoms with Crippen LogP contribution in [0.2, 0.25) is 0 Å². The van der Waals surface area contributed by atoms with Crippen molar-refractivity contribution in [1.29, 1.82) is 0 Å². The van der Waals surface area contributed by atoms with Gasteiger partial charge in [-0.3, -0.25) is 14.4 Å². The number of ketones is 1. The fraction of sp³-hybridized carbons (Fsp3) is 0.160. The predicted octanol–water partition coefficient (Wildman–Crippen LogP) is 5.33. The van der Waals surface area contributed by atoms with E-state index in [-0.39, 0.29) is 30.4 Å². The number of nitrogens with zero attached hydrogens (tertiary/aromatic N) is 2. The van der Waals surface area contributed by atoms with Gasteiger partial charge in [-0.1, -0.05) is 64.5 Å². The minimum atomic E-state index is -0.904. The number of anilines is 2. The number of halogens is 1. The van der Waals surface area contributed by atoms with Crippen molar-refractivity contribution in [1.82, 2.24) is 0 Å². The fourth-order valence-corrected chi connectivity index (χ4v) is 4.03.